The first-order chi connectivity index (χ1) is 5.16. The van der Waals surface area contributed by atoms with Crippen LogP contribution in [0.25, 0.3) is 0 Å². The maximum Gasteiger partial charge on any atom is 0.120 e. The van der Waals surface area contributed by atoms with Gasteiger partial charge in [-0.3, -0.25) is 0 Å². The molecular weight excluding hydrogens is 158 g/mol. The summed E-state index contributed by atoms with van der Waals surface area (Å²) in [5, 5.41) is 0. The van der Waals surface area contributed by atoms with Crippen molar-refractivity contribution in [2.45, 2.75) is 11.8 Å². The van der Waals surface area contributed by atoms with E-state index in [9.17, 15) is 4.39 Å². The molecule has 3 heteroatoms. The fraction of sp³-hybridized carbons (Fsp3) is 0.250. The molecule has 0 aliphatic rings. The Bertz CT molecular complexity index is 273. The molecule has 0 atom stereocenters. The summed E-state index contributed by atoms with van der Waals surface area (Å²) >= 11 is 1.52. The van der Waals surface area contributed by atoms with Crippen LogP contribution in [0.1, 0.15) is 5.56 Å². The lowest BCUT2D eigenvalue weighted by atomic mass is 9.94. The van der Waals surface area contributed by atoms with E-state index in [2.05, 4.69) is 0 Å². The van der Waals surface area contributed by atoms with Gasteiger partial charge in [0.2, 0.25) is 0 Å². The minimum atomic E-state index is -0.295. The van der Waals surface area contributed by atoms with E-state index < -0.39 is 0 Å². The van der Waals surface area contributed by atoms with Gasteiger partial charge in [-0.25, -0.2) is 4.39 Å². The number of rotatable bonds is 1. The van der Waals surface area contributed by atoms with Crippen molar-refractivity contribution < 1.29 is 4.39 Å². The van der Waals surface area contributed by atoms with Crippen molar-refractivity contribution in [3.63, 3.8) is 0 Å². The van der Waals surface area contributed by atoms with Crippen LogP contribution in [0.2, 0.25) is 0 Å². The van der Waals surface area contributed by atoms with Gasteiger partial charge in [-0.2, -0.15) is 0 Å². The van der Waals surface area contributed by atoms with E-state index in [1.165, 1.54) is 11.8 Å². The molecule has 1 rings (SSSR count). The highest BCUT2D eigenvalue weighted by atomic mass is 32.2. The molecule has 0 aromatic heterocycles. The molecule has 0 heterocycles. The first-order valence-corrected chi connectivity index (χ1v) is 4.48. The molecule has 0 saturated heterocycles. The van der Waals surface area contributed by atoms with E-state index in [-0.39, 0.29) is 11.3 Å². The van der Waals surface area contributed by atoms with Gasteiger partial charge >= 0.3 is 0 Å². The Labute approximate surface area is 71.6 Å². The number of thioether (sulfide) groups is 1. The zero-order valence-electron chi connectivity index (χ0n) is 6.52. The predicted octanol–water partition coefficient (Wildman–Crippen LogP) is 1.65. The van der Waals surface area contributed by atoms with Gasteiger partial charge in [0.1, 0.15) is 13.7 Å². The first kappa shape index (κ1) is 8.66. The summed E-state index contributed by atoms with van der Waals surface area (Å²) in [5.41, 5.74) is 0.859. The fourth-order valence-electron chi connectivity index (χ4n) is 0.909. The molecule has 0 amide bonds. The lowest BCUT2D eigenvalue weighted by molar-refractivity contribution is 0.622. The number of benzene rings is 1. The van der Waals surface area contributed by atoms with E-state index in [4.69, 9.17) is 7.85 Å². The van der Waals surface area contributed by atoms with Gasteiger partial charge in [-0.05, 0) is 24.8 Å². The van der Waals surface area contributed by atoms with Crippen LogP contribution in [0, 0.1) is 12.7 Å². The summed E-state index contributed by atoms with van der Waals surface area (Å²) < 4.78 is 13.0. The molecule has 0 fully saturated rings. The number of hydrogen-bond acceptors (Lipinski definition) is 1. The third-order valence-electron chi connectivity index (χ3n) is 1.59. The van der Waals surface area contributed by atoms with Crippen molar-refractivity contribution >= 4 is 25.1 Å². The van der Waals surface area contributed by atoms with Crippen molar-refractivity contribution in [3.8, 4) is 0 Å². The van der Waals surface area contributed by atoms with Crippen LogP contribution >= 0.6 is 11.8 Å². The second kappa shape index (κ2) is 3.31. The third-order valence-corrected chi connectivity index (χ3v) is 2.47. The average Bonchev–Trinajstić information content (AvgIpc) is 2.01. The van der Waals surface area contributed by atoms with E-state index in [0.29, 0.717) is 5.56 Å². The van der Waals surface area contributed by atoms with Crippen molar-refractivity contribution in [3.05, 3.63) is 23.5 Å². The third kappa shape index (κ3) is 1.59. The Morgan fingerprint density at radius 1 is 1.45 bits per heavy atom. The highest BCUT2D eigenvalue weighted by Crippen LogP contribution is 2.19. The summed E-state index contributed by atoms with van der Waals surface area (Å²) in [4.78, 5) is 0.941. The van der Waals surface area contributed by atoms with Crippen LogP contribution in [0.15, 0.2) is 17.0 Å². The second-order valence-electron chi connectivity index (χ2n) is 2.30. The molecule has 0 nitrogen and oxygen atoms in total. The molecule has 0 aliphatic heterocycles. The van der Waals surface area contributed by atoms with Crippen molar-refractivity contribution in [1.82, 2.24) is 0 Å². The molecule has 0 saturated carbocycles. The Balaban J connectivity index is 3.25. The molecule has 56 valence electrons. The van der Waals surface area contributed by atoms with Crippen LogP contribution in [-0.4, -0.2) is 14.1 Å². The van der Waals surface area contributed by atoms with Gasteiger partial charge in [-0.15, -0.1) is 11.8 Å². The van der Waals surface area contributed by atoms with Gasteiger partial charge in [-0.1, -0.05) is 11.5 Å². The molecule has 0 bridgehead atoms. The Hall–Kier alpha value is -0.435. The van der Waals surface area contributed by atoms with Gasteiger partial charge in [0.15, 0.2) is 0 Å². The van der Waals surface area contributed by atoms with E-state index >= 15 is 0 Å². The smallest absolute Gasteiger partial charge is 0.120 e. The molecule has 0 unspecified atom stereocenters. The van der Waals surface area contributed by atoms with Crippen LogP contribution in [0.5, 0.6) is 0 Å². The quantitative estimate of drug-likeness (QED) is 0.451. The Morgan fingerprint density at radius 2 is 2.09 bits per heavy atom. The minimum Gasteiger partial charge on any atom is -0.207 e. The standard InChI is InChI=1S/C8H8BFS/c1-5-7(11-2)4-3-6(9)8(5)10/h3-4H,1-2H3. The van der Waals surface area contributed by atoms with Crippen molar-refractivity contribution in [2.24, 2.45) is 0 Å². The van der Waals surface area contributed by atoms with Crippen LogP contribution < -0.4 is 5.46 Å². The van der Waals surface area contributed by atoms with Crippen molar-refractivity contribution in [1.29, 1.82) is 0 Å². The average molecular weight is 166 g/mol. The highest BCUT2D eigenvalue weighted by Gasteiger charge is 2.04. The molecular formula is C8H8BFS. The maximum absolute atomic E-state index is 13.0. The zero-order chi connectivity index (χ0) is 8.43. The van der Waals surface area contributed by atoms with Crippen molar-refractivity contribution in [2.75, 3.05) is 6.26 Å². The molecule has 0 spiro atoms. The topological polar surface area (TPSA) is 0 Å². The molecule has 11 heavy (non-hydrogen) atoms. The molecule has 0 N–H and O–H groups in total. The summed E-state index contributed by atoms with van der Waals surface area (Å²) in [7, 11) is 5.36. The molecule has 2 radical (unpaired) electrons. The summed E-state index contributed by atoms with van der Waals surface area (Å²) in [6, 6.07) is 3.42. The monoisotopic (exact) mass is 166 g/mol. The lowest BCUT2D eigenvalue weighted by Gasteiger charge is -2.05. The summed E-state index contributed by atoms with van der Waals surface area (Å²) in [5.74, 6) is -0.295. The predicted molar refractivity (Wildman–Crippen MR) is 48.3 cm³/mol. The fourth-order valence-corrected chi connectivity index (χ4v) is 1.51. The Kier molecular flexibility index (Phi) is 2.60. The maximum atomic E-state index is 13.0. The lowest BCUT2D eigenvalue weighted by Crippen LogP contribution is -2.10. The van der Waals surface area contributed by atoms with Crippen LogP contribution in [0.4, 0.5) is 4.39 Å². The van der Waals surface area contributed by atoms with E-state index in [1.54, 1.807) is 13.0 Å². The van der Waals surface area contributed by atoms with E-state index in [0.717, 1.165) is 4.90 Å². The summed E-state index contributed by atoms with van der Waals surface area (Å²) in [6.07, 6.45) is 1.91. The minimum absolute atomic E-state index is 0.223. The van der Waals surface area contributed by atoms with Gasteiger partial charge in [0.25, 0.3) is 0 Å². The Morgan fingerprint density at radius 3 is 2.64 bits per heavy atom. The zero-order valence-corrected chi connectivity index (χ0v) is 7.33. The van der Waals surface area contributed by atoms with Gasteiger partial charge in [0.05, 0.1) is 0 Å². The molecule has 1 aromatic rings. The van der Waals surface area contributed by atoms with E-state index in [1.807, 2.05) is 12.3 Å². The van der Waals surface area contributed by atoms with Gasteiger partial charge in [0, 0.05) is 4.90 Å². The van der Waals surface area contributed by atoms with Crippen LogP contribution in [-0.2, 0) is 0 Å². The first-order valence-electron chi connectivity index (χ1n) is 3.25. The molecule has 0 aliphatic carbocycles. The SMILES string of the molecule is [B]c1ccc(SC)c(C)c1F. The number of hydrogen-bond donors (Lipinski definition) is 0. The van der Waals surface area contributed by atoms with Gasteiger partial charge < -0.3 is 0 Å². The second-order valence-corrected chi connectivity index (χ2v) is 3.14. The largest absolute Gasteiger partial charge is 0.207 e. The number of halogens is 1. The summed E-state index contributed by atoms with van der Waals surface area (Å²) in [6.45, 7) is 1.73. The highest BCUT2D eigenvalue weighted by molar-refractivity contribution is 7.98. The normalized spacial score (nSPS) is 10.1. The molecule has 1 aromatic carbocycles. The van der Waals surface area contributed by atoms with Crippen LogP contribution in [0.3, 0.4) is 0 Å².